The molecule has 0 bridgehead atoms. The first-order chi connectivity index (χ1) is 15.6. The van der Waals surface area contributed by atoms with Crippen LogP contribution in [0.3, 0.4) is 0 Å². The number of hydrogen-bond acceptors (Lipinski definition) is 5. The van der Waals surface area contributed by atoms with Crippen LogP contribution in [0.4, 0.5) is 5.69 Å². The van der Waals surface area contributed by atoms with Crippen LogP contribution in [0, 0.1) is 6.92 Å². The van der Waals surface area contributed by atoms with E-state index in [4.69, 9.17) is 14.5 Å². The van der Waals surface area contributed by atoms with Crippen LogP contribution < -0.4 is 4.74 Å². The lowest BCUT2D eigenvalue weighted by atomic mass is 10.3. The molecule has 2 aromatic carbocycles. The SMILES string of the molecule is COCCN1C(=O)/C(=C\c2cc(C)n(-c3ccc(OC)cc3)c2)SC1=Nc1ccccc1. The summed E-state index contributed by atoms with van der Waals surface area (Å²) in [6.45, 7) is 2.95. The Morgan fingerprint density at radius 1 is 1.06 bits per heavy atom. The summed E-state index contributed by atoms with van der Waals surface area (Å²) >= 11 is 1.39. The van der Waals surface area contributed by atoms with Crippen molar-refractivity contribution in [1.29, 1.82) is 0 Å². The molecule has 6 nitrogen and oxygen atoms in total. The van der Waals surface area contributed by atoms with Crippen LogP contribution in [0.25, 0.3) is 11.8 Å². The van der Waals surface area contributed by atoms with Gasteiger partial charge in [0.25, 0.3) is 5.91 Å². The van der Waals surface area contributed by atoms with Gasteiger partial charge < -0.3 is 14.0 Å². The third-order valence-electron chi connectivity index (χ3n) is 5.07. The fraction of sp³-hybridized carbons (Fsp3) is 0.200. The van der Waals surface area contributed by atoms with Crippen molar-refractivity contribution < 1.29 is 14.3 Å². The molecule has 1 aromatic heterocycles. The number of hydrogen-bond donors (Lipinski definition) is 0. The normalized spacial score (nSPS) is 16.3. The van der Waals surface area contributed by atoms with Gasteiger partial charge in [-0.2, -0.15) is 0 Å². The van der Waals surface area contributed by atoms with Crippen molar-refractivity contribution in [2.24, 2.45) is 4.99 Å². The van der Waals surface area contributed by atoms with E-state index in [1.54, 1.807) is 19.1 Å². The zero-order valence-electron chi connectivity index (χ0n) is 18.3. The molecule has 1 amide bonds. The van der Waals surface area contributed by atoms with Gasteiger partial charge in [-0.3, -0.25) is 9.69 Å². The Kier molecular flexibility index (Phi) is 6.78. The summed E-state index contributed by atoms with van der Waals surface area (Å²) in [5.41, 5.74) is 3.88. The number of amidine groups is 1. The summed E-state index contributed by atoms with van der Waals surface area (Å²) in [6.07, 6.45) is 3.96. The first-order valence-corrected chi connectivity index (χ1v) is 11.1. The number of methoxy groups -OCH3 is 2. The number of nitrogens with zero attached hydrogens (tertiary/aromatic N) is 3. The number of carbonyl (C=O) groups is 1. The number of aromatic nitrogens is 1. The molecule has 3 aromatic rings. The number of aliphatic imine (C=N–C) groups is 1. The van der Waals surface area contributed by atoms with E-state index >= 15 is 0 Å². The molecule has 1 aliphatic heterocycles. The van der Waals surface area contributed by atoms with Crippen LogP contribution in [-0.2, 0) is 9.53 Å². The number of carbonyl (C=O) groups excluding carboxylic acids is 1. The second-order valence-corrected chi connectivity index (χ2v) is 8.28. The zero-order valence-corrected chi connectivity index (χ0v) is 19.1. The summed E-state index contributed by atoms with van der Waals surface area (Å²) in [5, 5.41) is 0.663. The van der Waals surface area contributed by atoms with Crippen LogP contribution in [-0.4, -0.2) is 47.9 Å². The van der Waals surface area contributed by atoms with E-state index in [0.29, 0.717) is 23.2 Å². The van der Waals surface area contributed by atoms with Gasteiger partial charge in [-0.05, 0) is 72.8 Å². The van der Waals surface area contributed by atoms with E-state index in [1.807, 2.05) is 73.8 Å². The number of para-hydroxylation sites is 1. The molecule has 0 radical (unpaired) electrons. The van der Waals surface area contributed by atoms with Crippen molar-refractivity contribution in [1.82, 2.24) is 9.47 Å². The Balaban J connectivity index is 1.63. The lowest BCUT2D eigenvalue weighted by Crippen LogP contribution is -2.32. The molecule has 0 saturated carbocycles. The standard InChI is InChI=1S/C25H25N3O3S/c1-18-15-19(17-28(18)21-9-11-22(31-3)12-10-21)16-23-24(29)27(13-14-30-2)25(32-23)26-20-7-5-4-6-8-20/h4-12,15-17H,13-14H2,1-3H3/b23-16+,26-25?. The molecule has 0 atom stereocenters. The van der Waals surface area contributed by atoms with Crippen LogP contribution >= 0.6 is 11.8 Å². The Labute approximate surface area is 192 Å². The molecule has 1 saturated heterocycles. The van der Waals surface area contributed by atoms with E-state index < -0.39 is 0 Å². The minimum absolute atomic E-state index is 0.0587. The molecule has 32 heavy (non-hydrogen) atoms. The Morgan fingerprint density at radius 2 is 1.81 bits per heavy atom. The van der Waals surface area contributed by atoms with Crippen molar-refractivity contribution >= 4 is 34.6 Å². The molecule has 2 heterocycles. The van der Waals surface area contributed by atoms with Gasteiger partial charge in [0, 0.05) is 24.7 Å². The van der Waals surface area contributed by atoms with Crippen LogP contribution in [0.15, 0.2) is 76.8 Å². The van der Waals surface area contributed by atoms with E-state index in [1.165, 1.54) is 11.8 Å². The summed E-state index contributed by atoms with van der Waals surface area (Å²) in [4.78, 5) is 20.1. The van der Waals surface area contributed by atoms with Gasteiger partial charge in [0.15, 0.2) is 5.17 Å². The van der Waals surface area contributed by atoms with Gasteiger partial charge in [0.2, 0.25) is 0 Å². The van der Waals surface area contributed by atoms with Crippen molar-refractivity contribution in [3.05, 3.63) is 83.0 Å². The fourth-order valence-electron chi connectivity index (χ4n) is 3.43. The lowest BCUT2D eigenvalue weighted by Gasteiger charge is -2.14. The maximum Gasteiger partial charge on any atom is 0.266 e. The molecule has 1 aliphatic rings. The summed E-state index contributed by atoms with van der Waals surface area (Å²) in [6, 6.07) is 19.6. The van der Waals surface area contributed by atoms with Crippen LogP contribution in [0.1, 0.15) is 11.3 Å². The van der Waals surface area contributed by atoms with Gasteiger partial charge >= 0.3 is 0 Å². The van der Waals surface area contributed by atoms with Gasteiger partial charge in [-0.1, -0.05) is 18.2 Å². The van der Waals surface area contributed by atoms with Crippen molar-refractivity contribution in [2.75, 3.05) is 27.4 Å². The zero-order chi connectivity index (χ0) is 22.5. The third-order valence-corrected chi connectivity index (χ3v) is 6.08. The van der Waals surface area contributed by atoms with E-state index in [9.17, 15) is 4.79 Å². The van der Waals surface area contributed by atoms with Gasteiger partial charge in [0.1, 0.15) is 5.75 Å². The highest BCUT2D eigenvalue weighted by molar-refractivity contribution is 8.18. The molecule has 7 heteroatoms. The smallest absolute Gasteiger partial charge is 0.266 e. The monoisotopic (exact) mass is 447 g/mol. The number of amides is 1. The average molecular weight is 448 g/mol. The van der Waals surface area contributed by atoms with Crippen molar-refractivity contribution in [3.63, 3.8) is 0 Å². The fourth-order valence-corrected chi connectivity index (χ4v) is 4.46. The first-order valence-electron chi connectivity index (χ1n) is 10.3. The minimum atomic E-state index is -0.0587. The van der Waals surface area contributed by atoms with Crippen LogP contribution in [0.5, 0.6) is 5.75 Å². The molecule has 0 aliphatic carbocycles. The van der Waals surface area contributed by atoms with Crippen molar-refractivity contribution in [3.8, 4) is 11.4 Å². The van der Waals surface area contributed by atoms with Gasteiger partial charge in [-0.25, -0.2) is 4.99 Å². The Morgan fingerprint density at radius 3 is 2.50 bits per heavy atom. The molecule has 0 N–H and O–H groups in total. The van der Waals surface area contributed by atoms with E-state index in [2.05, 4.69) is 10.6 Å². The van der Waals surface area contributed by atoms with Gasteiger partial charge in [-0.15, -0.1) is 0 Å². The quantitative estimate of drug-likeness (QED) is 0.476. The summed E-state index contributed by atoms with van der Waals surface area (Å²) < 4.78 is 12.5. The largest absolute Gasteiger partial charge is 0.497 e. The maximum absolute atomic E-state index is 13.1. The second-order valence-electron chi connectivity index (χ2n) is 7.27. The van der Waals surface area contributed by atoms with E-state index in [0.717, 1.165) is 28.4 Å². The third kappa shape index (κ3) is 4.79. The molecule has 164 valence electrons. The Hall–Kier alpha value is -3.29. The minimum Gasteiger partial charge on any atom is -0.497 e. The summed E-state index contributed by atoms with van der Waals surface area (Å²) in [5.74, 6) is 0.756. The maximum atomic E-state index is 13.1. The molecule has 0 spiro atoms. The number of thioether (sulfide) groups is 1. The molecular formula is C25H25N3O3S. The topological polar surface area (TPSA) is 56.1 Å². The molecular weight excluding hydrogens is 422 g/mol. The molecule has 1 fully saturated rings. The number of aryl methyl sites for hydroxylation is 1. The predicted molar refractivity (Wildman–Crippen MR) is 130 cm³/mol. The Bertz CT molecular complexity index is 1150. The number of rotatable bonds is 7. The second kappa shape index (κ2) is 9.89. The van der Waals surface area contributed by atoms with Crippen LogP contribution in [0.2, 0.25) is 0 Å². The van der Waals surface area contributed by atoms with E-state index in [-0.39, 0.29) is 5.91 Å². The molecule has 0 unspecified atom stereocenters. The van der Waals surface area contributed by atoms with Gasteiger partial charge in [0.05, 0.1) is 30.9 Å². The highest BCUT2D eigenvalue weighted by atomic mass is 32.2. The highest BCUT2D eigenvalue weighted by Gasteiger charge is 2.33. The van der Waals surface area contributed by atoms with Crippen molar-refractivity contribution in [2.45, 2.75) is 6.92 Å². The summed E-state index contributed by atoms with van der Waals surface area (Å²) in [7, 11) is 3.28. The highest BCUT2D eigenvalue weighted by Crippen LogP contribution is 2.34. The predicted octanol–water partition coefficient (Wildman–Crippen LogP) is 5.04. The first kappa shape index (κ1) is 21.9. The average Bonchev–Trinajstić information content (AvgIpc) is 3.32. The number of benzene rings is 2. The lowest BCUT2D eigenvalue weighted by molar-refractivity contribution is -0.122. The molecule has 4 rings (SSSR count). The number of ether oxygens (including phenoxy) is 2.